The number of methoxy groups -OCH3 is 1. The van der Waals surface area contributed by atoms with Gasteiger partial charge in [0, 0.05) is 12.5 Å². The number of rotatable bonds is 2. The minimum atomic E-state index is -0.874. The molecule has 1 atom stereocenters. The van der Waals surface area contributed by atoms with E-state index in [-0.39, 0.29) is 18.6 Å². The van der Waals surface area contributed by atoms with Crippen LogP contribution in [0.4, 0.5) is 0 Å². The lowest BCUT2D eigenvalue weighted by Gasteiger charge is -2.19. The van der Waals surface area contributed by atoms with Crippen LogP contribution in [0, 0.1) is 0 Å². The third-order valence-corrected chi connectivity index (χ3v) is 2.26. The molecular formula is C10H13NO5. The zero-order valence-electron chi connectivity index (χ0n) is 9.10. The number of ether oxygens (including phenoxy) is 1. The number of allylic oxidation sites excluding steroid dienone is 1. The minimum absolute atomic E-state index is 0.129. The van der Waals surface area contributed by atoms with Crippen LogP contribution in [0.25, 0.3) is 0 Å². The molecule has 1 aliphatic rings. The summed E-state index contributed by atoms with van der Waals surface area (Å²) >= 11 is 0. The molecule has 0 aromatic carbocycles. The van der Waals surface area contributed by atoms with E-state index in [1.165, 1.54) is 14.0 Å². The number of imide groups is 1. The molecule has 1 heterocycles. The van der Waals surface area contributed by atoms with Crippen LogP contribution in [-0.2, 0) is 19.1 Å². The molecular weight excluding hydrogens is 214 g/mol. The SMILES string of the molecule is COC(=O)C1CCC(=O)N1C(=O)/C=C(/C)O. The van der Waals surface area contributed by atoms with Gasteiger partial charge in [-0.1, -0.05) is 0 Å². The highest BCUT2D eigenvalue weighted by atomic mass is 16.5. The van der Waals surface area contributed by atoms with Gasteiger partial charge in [0.2, 0.25) is 5.91 Å². The molecule has 0 saturated carbocycles. The van der Waals surface area contributed by atoms with Gasteiger partial charge >= 0.3 is 5.97 Å². The molecule has 16 heavy (non-hydrogen) atoms. The summed E-state index contributed by atoms with van der Waals surface area (Å²) in [6, 6.07) is -0.874. The molecule has 88 valence electrons. The van der Waals surface area contributed by atoms with Gasteiger partial charge in [-0.3, -0.25) is 14.5 Å². The smallest absolute Gasteiger partial charge is 0.329 e. The molecule has 0 aromatic rings. The van der Waals surface area contributed by atoms with Crippen molar-refractivity contribution in [2.24, 2.45) is 0 Å². The quantitative estimate of drug-likeness (QED) is 0.412. The van der Waals surface area contributed by atoms with Gasteiger partial charge in [-0.2, -0.15) is 0 Å². The Hall–Kier alpha value is -1.85. The van der Waals surface area contributed by atoms with Gasteiger partial charge in [0.1, 0.15) is 6.04 Å². The van der Waals surface area contributed by atoms with Crippen LogP contribution in [0.1, 0.15) is 19.8 Å². The van der Waals surface area contributed by atoms with Crippen LogP contribution in [0.5, 0.6) is 0 Å². The zero-order valence-corrected chi connectivity index (χ0v) is 9.10. The van der Waals surface area contributed by atoms with Crippen molar-refractivity contribution in [2.45, 2.75) is 25.8 Å². The van der Waals surface area contributed by atoms with Crippen LogP contribution in [0.3, 0.4) is 0 Å². The second kappa shape index (κ2) is 4.78. The zero-order chi connectivity index (χ0) is 12.3. The first-order valence-electron chi connectivity index (χ1n) is 4.78. The highest BCUT2D eigenvalue weighted by Gasteiger charge is 2.40. The second-order valence-corrected chi connectivity index (χ2v) is 3.47. The summed E-state index contributed by atoms with van der Waals surface area (Å²) in [5.41, 5.74) is 0. The van der Waals surface area contributed by atoms with Gasteiger partial charge < -0.3 is 9.84 Å². The van der Waals surface area contributed by atoms with Gasteiger partial charge in [0.25, 0.3) is 5.91 Å². The maximum absolute atomic E-state index is 11.6. The average Bonchev–Trinajstić information content (AvgIpc) is 2.58. The largest absolute Gasteiger partial charge is 0.512 e. The Kier molecular flexibility index (Phi) is 3.65. The van der Waals surface area contributed by atoms with E-state index in [2.05, 4.69) is 4.74 Å². The molecule has 0 aliphatic carbocycles. The maximum atomic E-state index is 11.6. The Bertz CT molecular complexity index is 356. The molecule has 6 heteroatoms. The summed E-state index contributed by atoms with van der Waals surface area (Å²) in [4.78, 5) is 35.1. The monoisotopic (exact) mass is 227 g/mol. The molecule has 0 bridgehead atoms. The van der Waals surface area contributed by atoms with E-state index in [4.69, 9.17) is 5.11 Å². The molecule has 1 rings (SSSR count). The predicted molar refractivity (Wildman–Crippen MR) is 53.3 cm³/mol. The molecule has 0 aromatic heterocycles. The van der Waals surface area contributed by atoms with Crippen LogP contribution in [0.2, 0.25) is 0 Å². The number of hydrogen-bond donors (Lipinski definition) is 1. The second-order valence-electron chi connectivity index (χ2n) is 3.47. The molecule has 0 radical (unpaired) electrons. The molecule has 1 unspecified atom stereocenters. The molecule has 1 fully saturated rings. The molecule has 1 saturated heterocycles. The fourth-order valence-electron chi connectivity index (χ4n) is 1.57. The van der Waals surface area contributed by atoms with E-state index in [0.29, 0.717) is 0 Å². The summed E-state index contributed by atoms with van der Waals surface area (Å²) in [6.07, 6.45) is 1.29. The van der Waals surface area contributed by atoms with Crippen molar-refractivity contribution in [3.8, 4) is 0 Å². The lowest BCUT2D eigenvalue weighted by atomic mass is 10.2. The van der Waals surface area contributed by atoms with E-state index in [1.807, 2.05) is 0 Å². The third-order valence-electron chi connectivity index (χ3n) is 2.26. The molecule has 1 N–H and O–H groups in total. The van der Waals surface area contributed by atoms with Crippen molar-refractivity contribution >= 4 is 17.8 Å². The van der Waals surface area contributed by atoms with Crippen LogP contribution in [-0.4, -0.2) is 40.9 Å². The van der Waals surface area contributed by atoms with Crippen molar-refractivity contribution < 1.29 is 24.2 Å². The Morgan fingerprint density at radius 1 is 1.56 bits per heavy atom. The summed E-state index contributed by atoms with van der Waals surface area (Å²) in [5, 5.41) is 8.94. The molecule has 6 nitrogen and oxygen atoms in total. The van der Waals surface area contributed by atoms with Gasteiger partial charge in [0.15, 0.2) is 0 Å². The fraction of sp³-hybridized carbons (Fsp3) is 0.500. The van der Waals surface area contributed by atoms with E-state index in [0.717, 1.165) is 11.0 Å². The van der Waals surface area contributed by atoms with Crippen molar-refractivity contribution in [3.63, 3.8) is 0 Å². The standard InChI is InChI=1S/C10H13NO5/c1-6(12)5-9(14)11-7(10(15)16-2)3-4-8(11)13/h5,7,12H,3-4H2,1-2H3/b6-5-. The van der Waals surface area contributed by atoms with E-state index >= 15 is 0 Å². The predicted octanol–water partition coefficient (Wildman–Crippen LogP) is 0.139. The van der Waals surface area contributed by atoms with Crippen molar-refractivity contribution in [3.05, 3.63) is 11.8 Å². The molecule has 2 amide bonds. The third kappa shape index (κ3) is 2.39. The Morgan fingerprint density at radius 3 is 2.69 bits per heavy atom. The summed E-state index contributed by atoms with van der Waals surface area (Å²) in [7, 11) is 1.20. The number of likely N-dealkylation sites (tertiary alicyclic amines) is 1. The van der Waals surface area contributed by atoms with Gasteiger partial charge in [-0.05, 0) is 13.3 Å². The molecule has 0 spiro atoms. The topological polar surface area (TPSA) is 83.9 Å². The van der Waals surface area contributed by atoms with E-state index < -0.39 is 23.8 Å². The number of carbonyl (C=O) groups is 3. The first kappa shape index (κ1) is 12.2. The number of nitrogens with zero attached hydrogens (tertiary/aromatic N) is 1. The summed E-state index contributed by atoms with van der Waals surface area (Å²) in [6.45, 7) is 1.31. The number of carbonyl (C=O) groups excluding carboxylic acids is 3. The Labute approximate surface area is 92.5 Å². The lowest BCUT2D eigenvalue weighted by Crippen LogP contribution is -2.42. The normalized spacial score (nSPS) is 21.1. The highest BCUT2D eigenvalue weighted by Crippen LogP contribution is 2.20. The van der Waals surface area contributed by atoms with E-state index in [1.54, 1.807) is 0 Å². The molecule has 1 aliphatic heterocycles. The van der Waals surface area contributed by atoms with Crippen LogP contribution in [0.15, 0.2) is 11.8 Å². The summed E-state index contributed by atoms with van der Waals surface area (Å²) < 4.78 is 4.50. The minimum Gasteiger partial charge on any atom is -0.512 e. The van der Waals surface area contributed by atoms with Crippen molar-refractivity contribution in [1.82, 2.24) is 4.90 Å². The number of aliphatic hydroxyl groups excluding tert-OH is 1. The van der Waals surface area contributed by atoms with E-state index in [9.17, 15) is 14.4 Å². The maximum Gasteiger partial charge on any atom is 0.329 e. The number of esters is 1. The van der Waals surface area contributed by atoms with Gasteiger partial charge in [0.05, 0.1) is 12.9 Å². The number of amides is 2. The number of aliphatic hydroxyl groups is 1. The summed E-state index contributed by atoms with van der Waals surface area (Å²) in [5.74, 6) is -1.97. The fourth-order valence-corrected chi connectivity index (χ4v) is 1.57. The van der Waals surface area contributed by atoms with Gasteiger partial charge in [-0.25, -0.2) is 4.79 Å². The average molecular weight is 227 g/mol. The lowest BCUT2D eigenvalue weighted by molar-refractivity contribution is -0.154. The first-order valence-corrected chi connectivity index (χ1v) is 4.78. The van der Waals surface area contributed by atoms with Crippen LogP contribution < -0.4 is 0 Å². The Morgan fingerprint density at radius 2 is 2.19 bits per heavy atom. The highest BCUT2D eigenvalue weighted by molar-refractivity contribution is 6.06. The van der Waals surface area contributed by atoms with Crippen molar-refractivity contribution in [2.75, 3.05) is 7.11 Å². The van der Waals surface area contributed by atoms with Gasteiger partial charge in [-0.15, -0.1) is 0 Å². The van der Waals surface area contributed by atoms with Crippen molar-refractivity contribution in [1.29, 1.82) is 0 Å². The first-order chi connectivity index (χ1) is 7.47. The Balaban J connectivity index is 2.90. The van der Waals surface area contributed by atoms with Crippen LogP contribution >= 0.6 is 0 Å². The number of hydrogen-bond acceptors (Lipinski definition) is 5.